The number of carbonyl (C=O) groups excluding carboxylic acids is 2. The van der Waals surface area contributed by atoms with Gasteiger partial charge in [0.25, 0.3) is 0 Å². The molecule has 1 aliphatic heterocycles. The molecule has 1 aromatic carbocycles. The second kappa shape index (κ2) is 12.2. The summed E-state index contributed by atoms with van der Waals surface area (Å²) in [5.41, 5.74) is 13.2. The summed E-state index contributed by atoms with van der Waals surface area (Å²) in [5, 5.41) is 15.0. The van der Waals surface area contributed by atoms with Gasteiger partial charge >= 0.3 is 0 Å². The number of benzene rings is 1. The number of likely N-dealkylation sites (tertiary alicyclic amines) is 1. The highest BCUT2D eigenvalue weighted by Crippen LogP contribution is 2.32. The molecule has 0 bridgehead atoms. The van der Waals surface area contributed by atoms with Crippen molar-refractivity contribution in [3.8, 4) is 0 Å². The summed E-state index contributed by atoms with van der Waals surface area (Å²) in [7, 11) is 3.68. The van der Waals surface area contributed by atoms with Gasteiger partial charge in [0, 0.05) is 20.6 Å². The van der Waals surface area contributed by atoms with Crippen molar-refractivity contribution >= 4 is 29.1 Å². The van der Waals surface area contributed by atoms with Gasteiger partial charge in [0.15, 0.2) is 5.76 Å². The summed E-state index contributed by atoms with van der Waals surface area (Å²) in [4.78, 5) is 30.0. The van der Waals surface area contributed by atoms with Crippen LogP contribution in [0.5, 0.6) is 0 Å². The van der Waals surface area contributed by atoms with Gasteiger partial charge in [0.1, 0.15) is 18.2 Å². The fraction of sp³-hybridized carbons (Fsp3) is 0.462. The molecule has 2 aromatic rings. The third-order valence-electron chi connectivity index (χ3n) is 6.53. The van der Waals surface area contributed by atoms with Crippen LogP contribution in [-0.2, 0) is 9.59 Å². The van der Waals surface area contributed by atoms with Crippen molar-refractivity contribution in [2.24, 2.45) is 17.4 Å². The van der Waals surface area contributed by atoms with Crippen LogP contribution in [-0.4, -0.2) is 60.0 Å². The fourth-order valence-electron chi connectivity index (χ4n) is 4.48. The molecule has 0 aliphatic carbocycles. The minimum atomic E-state index is -0.643. The highest BCUT2D eigenvalue weighted by atomic mass is 35.5. The van der Waals surface area contributed by atoms with Crippen molar-refractivity contribution in [3.63, 3.8) is 0 Å². The van der Waals surface area contributed by atoms with Gasteiger partial charge in [-0.3, -0.25) is 14.6 Å². The van der Waals surface area contributed by atoms with Gasteiger partial charge in [0.2, 0.25) is 11.8 Å². The number of aromatic nitrogens is 1. The molecule has 0 radical (unpaired) electrons. The Balaban J connectivity index is 1.73. The average molecular weight is 533 g/mol. The molecular weight excluding hydrogens is 496 g/mol. The van der Waals surface area contributed by atoms with E-state index >= 15 is 0 Å². The standard InChI is InChI=1S/C26H37ClN6O4/c1-16(2)23(22-14-33(37-22)31(3)4)26(36)32-13-5-6-21(32)25(35)30-20(15-34)17-7-9-18(10-8-17)24(29)19(27)11-12-28/h7-12,14,16,20-21,23,34H,5-6,13,15,28-29H2,1-4H3,(H,30,35)/b12-11-,24-19+. The molecule has 0 spiro atoms. The number of nitrogens with two attached hydrogens (primary N) is 2. The van der Waals surface area contributed by atoms with E-state index in [0.717, 1.165) is 6.42 Å². The summed E-state index contributed by atoms with van der Waals surface area (Å²) in [6.07, 6.45) is 5.86. The second-order valence-corrected chi connectivity index (χ2v) is 10.1. The number of amides is 2. The van der Waals surface area contributed by atoms with Gasteiger partial charge in [-0.15, -0.1) is 4.85 Å². The summed E-state index contributed by atoms with van der Waals surface area (Å²) in [6.45, 7) is 4.11. The molecule has 11 heteroatoms. The van der Waals surface area contributed by atoms with Gasteiger partial charge in [-0.25, -0.2) is 0 Å². The van der Waals surface area contributed by atoms with Crippen LogP contribution in [0.25, 0.3) is 5.70 Å². The predicted molar refractivity (Wildman–Crippen MR) is 144 cm³/mol. The smallest absolute Gasteiger partial charge is 0.243 e. The Morgan fingerprint density at radius 2 is 1.95 bits per heavy atom. The second-order valence-electron chi connectivity index (χ2n) is 9.67. The Morgan fingerprint density at radius 1 is 1.30 bits per heavy atom. The van der Waals surface area contributed by atoms with E-state index in [-0.39, 0.29) is 24.3 Å². The lowest BCUT2D eigenvalue weighted by Gasteiger charge is -2.32. The van der Waals surface area contributed by atoms with E-state index in [4.69, 9.17) is 27.6 Å². The zero-order chi connectivity index (χ0) is 27.3. The maximum atomic E-state index is 13.5. The number of allylic oxidation sites excluding steroid dienone is 2. The number of halogens is 1. The number of aliphatic hydroxyl groups excluding tert-OH is 1. The summed E-state index contributed by atoms with van der Waals surface area (Å²) < 4.78 is 5.70. The quantitative estimate of drug-likeness (QED) is 0.343. The van der Waals surface area contributed by atoms with Crippen LogP contribution < -0.4 is 21.8 Å². The maximum Gasteiger partial charge on any atom is 0.243 e. The van der Waals surface area contributed by atoms with E-state index in [1.807, 2.05) is 27.9 Å². The van der Waals surface area contributed by atoms with Crippen molar-refractivity contribution in [3.05, 3.63) is 64.7 Å². The zero-order valence-electron chi connectivity index (χ0n) is 21.7. The van der Waals surface area contributed by atoms with Crippen LogP contribution >= 0.6 is 11.6 Å². The van der Waals surface area contributed by atoms with Crippen LogP contribution in [0.3, 0.4) is 0 Å². The Hall–Kier alpha value is -3.37. The number of hydrogen-bond donors (Lipinski definition) is 4. The first-order valence-electron chi connectivity index (χ1n) is 12.3. The molecule has 2 heterocycles. The molecule has 0 saturated carbocycles. The molecule has 3 unspecified atom stereocenters. The fourth-order valence-corrected chi connectivity index (χ4v) is 4.66. The normalized spacial score (nSPS) is 18.2. The Bertz CT molecular complexity index is 1120. The Labute approximate surface area is 222 Å². The first kappa shape index (κ1) is 28.2. The van der Waals surface area contributed by atoms with Crippen LogP contribution in [0.1, 0.15) is 55.5 Å². The molecule has 1 aliphatic rings. The van der Waals surface area contributed by atoms with Crippen molar-refractivity contribution in [2.75, 3.05) is 32.3 Å². The summed E-state index contributed by atoms with van der Waals surface area (Å²) in [6, 6.07) is 5.79. The molecule has 1 fully saturated rings. The highest BCUT2D eigenvalue weighted by Gasteiger charge is 2.41. The van der Waals surface area contributed by atoms with E-state index in [9.17, 15) is 14.7 Å². The van der Waals surface area contributed by atoms with Crippen LogP contribution in [0.2, 0.25) is 0 Å². The molecule has 2 amide bonds. The van der Waals surface area contributed by atoms with E-state index in [0.29, 0.717) is 40.6 Å². The van der Waals surface area contributed by atoms with Crippen LogP contribution in [0.4, 0.5) is 0 Å². The molecule has 202 valence electrons. The SMILES string of the molecule is CC(C)C(C(=O)N1CCCC1C(=O)NC(CO)c1ccc(/C(N)=C(Cl)/C=C\N)cc1)c1cn(N(C)C)o1. The maximum absolute atomic E-state index is 13.5. The number of nitrogens with one attached hydrogen (secondary N) is 1. The van der Waals surface area contributed by atoms with Gasteiger partial charge in [0.05, 0.1) is 23.4 Å². The number of rotatable bonds is 10. The van der Waals surface area contributed by atoms with Crippen LogP contribution in [0, 0.1) is 5.92 Å². The summed E-state index contributed by atoms with van der Waals surface area (Å²) >= 11 is 6.11. The van der Waals surface area contributed by atoms with Gasteiger partial charge < -0.3 is 31.3 Å². The minimum absolute atomic E-state index is 0.00795. The Morgan fingerprint density at radius 3 is 2.49 bits per heavy atom. The zero-order valence-corrected chi connectivity index (χ0v) is 22.5. The molecule has 1 saturated heterocycles. The van der Waals surface area contributed by atoms with Crippen molar-refractivity contribution in [2.45, 2.75) is 44.7 Å². The first-order chi connectivity index (χ1) is 17.6. The van der Waals surface area contributed by atoms with Gasteiger partial charge in [-0.2, -0.15) is 0 Å². The van der Waals surface area contributed by atoms with Crippen LogP contribution in [0.15, 0.2) is 52.3 Å². The highest BCUT2D eigenvalue weighted by molar-refractivity contribution is 6.34. The molecule has 3 rings (SSSR count). The largest absolute Gasteiger partial charge is 0.405 e. The molecule has 1 aromatic heterocycles. The molecular formula is C26H37ClN6O4. The lowest BCUT2D eigenvalue weighted by Crippen LogP contribution is -2.49. The van der Waals surface area contributed by atoms with Gasteiger partial charge in [-0.1, -0.05) is 49.7 Å². The molecule has 10 nitrogen and oxygen atoms in total. The number of hydrogen-bond acceptors (Lipinski definition) is 7. The third-order valence-corrected chi connectivity index (χ3v) is 6.86. The van der Waals surface area contributed by atoms with E-state index in [1.54, 1.807) is 45.2 Å². The average Bonchev–Trinajstić information content (AvgIpc) is 3.33. The van der Waals surface area contributed by atoms with E-state index in [1.165, 1.54) is 12.3 Å². The third kappa shape index (κ3) is 6.31. The number of nitrogens with zero attached hydrogens (tertiary/aromatic N) is 3. The minimum Gasteiger partial charge on any atom is -0.405 e. The lowest BCUT2D eigenvalue weighted by atomic mass is 9.91. The predicted octanol–water partition coefficient (Wildman–Crippen LogP) is 2.20. The number of aliphatic hydroxyl groups is 1. The monoisotopic (exact) mass is 532 g/mol. The van der Waals surface area contributed by atoms with Crippen molar-refractivity contribution < 1.29 is 19.2 Å². The van der Waals surface area contributed by atoms with E-state index < -0.39 is 18.0 Å². The van der Waals surface area contributed by atoms with Crippen molar-refractivity contribution in [1.29, 1.82) is 0 Å². The topological polar surface area (TPSA) is 143 Å². The molecule has 3 atom stereocenters. The summed E-state index contributed by atoms with van der Waals surface area (Å²) in [5.74, 6) is -0.335. The number of carbonyl (C=O) groups is 2. The van der Waals surface area contributed by atoms with Crippen molar-refractivity contribution in [1.82, 2.24) is 15.1 Å². The first-order valence-corrected chi connectivity index (χ1v) is 12.7. The lowest BCUT2D eigenvalue weighted by molar-refractivity contribution is -0.141. The van der Waals surface area contributed by atoms with E-state index in [2.05, 4.69) is 5.32 Å². The Kier molecular flexibility index (Phi) is 9.34. The van der Waals surface area contributed by atoms with Gasteiger partial charge in [-0.05, 0) is 42.2 Å². The molecule has 37 heavy (non-hydrogen) atoms. The molecule has 6 N–H and O–H groups in total.